The summed E-state index contributed by atoms with van der Waals surface area (Å²) in [6.07, 6.45) is 3.34. The summed E-state index contributed by atoms with van der Waals surface area (Å²) in [5, 5.41) is 4.03. The monoisotopic (exact) mass is 350 g/mol. The second-order valence-corrected chi connectivity index (χ2v) is 6.58. The average Bonchev–Trinajstić information content (AvgIpc) is 3.10. The Kier molecular flexibility index (Phi) is 5.02. The van der Waals surface area contributed by atoms with Gasteiger partial charge in [-0.1, -0.05) is 31.1 Å². The first-order valence-electron chi connectivity index (χ1n) is 8.46. The Morgan fingerprint density at radius 1 is 1.27 bits per heavy atom. The third-order valence-electron chi connectivity index (χ3n) is 4.18. The second kappa shape index (κ2) is 7.39. The van der Waals surface area contributed by atoms with E-state index in [0.717, 1.165) is 16.8 Å². The lowest BCUT2D eigenvalue weighted by Crippen LogP contribution is -2.26. The van der Waals surface area contributed by atoms with Gasteiger partial charge in [0.25, 0.3) is 5.91 Å². The predicted octanol–water partition coefficient (Wildman–Crippen LogP) is 3.71. The van der Waals surface area contributed by atoms with Crippen molar-refractivity contribution in [3.8, 4) is 11.1 Å². The number of benzene rings is 1. The number of nitrogens with two attached hydrogens (primary N) is 1. The highest BCUT2D eigenvalue weighted by atomic mass is 16.5. The molecule has 3 rings (SSSR count). The van der Waals surface area contributed by atoms with Crippen LogP contribution in [0, 0.1) is 0 Å². The van der Waals surface area contributed by atoms with Gasteiger partial charge in [0.2, 0.25) is 0 Å². The third kappa shape index (κ3) is 3.74. The van der Waals surface area contributed by atoms with Gasteiger partial charge in [-0.05, 0) is 29.7 Å². The van der Waals surface area contributed by atoms with E-state index in [1.54, 1.807) is 36.5 Å². The minimum Gasteiger partial charge on any atom is -0.398 e. The van der Waals surface area contributed by atoms with Gasteiger partial charge >= 0.3 is 0 Å². The molecule has 0 aliphatic carbocycles. The molecule has 0 saturated carbocycles. The average molecular weight is 350 g/mol. The van der Waals surface area contributed by atoms with Crippen LogP contribution in [-0.4, -0.2) is 28.0 Å². The van der Waals surface area contributed by atoms with Crippen molar-refractivity contribution < 1.29 is 9.32 Å². The van der Waals surface area contributed by atoms with Gasteiger partial charge in [0.15, 0.2) is 5.76 Å². The topological polar surface area (TPSA) is 85.2 Å². The molecule has 0 bridgehead atoms. The zero-order valence-electron chi connectivity index (χ0n) is 15.1. The van der Waals surface area contributed by atoms with Crippen molar-refractivity contribution in [3.63, 3.8) is 0 Å². The van der Waals surface area contributed by atoms with Crippen LogP contribution in [0.25, 0.3) is 11.1 Å². The van der Waals surface area contributed by atoms with E-state index >= 15 is 0 Å². The Balaban J connectivity index is 1.79. The number of amides is 1. The van der Waals surface area contributed by atoms with Crippen LogP contribution in [0.15, 0.2) is 53.3 Å². The molecule has 2 heterocycles. The Labute approximate surface area is 152 Å². The number of hydrogen-bond acceptors (Lipinski definition) is 5. The van der Waals surface area contributed by atoms with Crippen molar-refractivity contribution in [1.29, 1.82) is 0 Å². The molecule has 0 radical (unpaired) electrons. The zero-order valence-corrected chi connectivity index (χ0v) is 15.1. The molecule has 0 atom stereocenters. The largest absolute Gasteiger partial charge is 0.398 e. The van der Waals surface area contributed by atoms with Gasteiger partial charge in [0.05, 0.1) is 12.2 Å². The summed E-state index contributed by atoms with van der Waals surface area (Å²) in [4.78, 5) is 18.5. The molecule has 0 spiro atoms. The minimum atomic E-state index is -0.100. The van der Waals surface area contributed by atoms with Crippen LogP contribution in [0.3, 0.4) is 0 Å². The van der Waals surface area contributed by atoms with E-state index < -0.39 is 0 Å². The van der Waals surface area contributed by atoms with Gasteiger partial charge in [-0.15, -0.1) is 0 Å². The van der Waals surface area contributed by atoms with Crippen molar-refractivity contribution >= 4 is 11.6 Å². The van der Waals surface area contributed by atoms with Crippen LogP contribution in [0.1, 0.15) is 41.6 Å². The number of nitrogens with zero attached hydrogens (tertiary/aromatic N) is 3. The number of anilines is 1. The van der Waals surface area contributed by atoms with E-state index in [1.165, 1.54) is 0 Å². The SMILES string of the molecule is CC(C)c1cc(CN(C)C(=O)c2cccc(-c3cnccc3N)c2)on1. The van der Waals surface area contributed by atoms with Crippen LogP contribution < -0.4 is 5.73 Å². The van der Waals surface area contributed by atoms with E-state index in [4.69, 9.17) is 10.3 Å². The van der Waals surface area contributed by atoms with E-state index in [1.807, 2.05) is 38.1 Å². The highest BCUT2D eigenvalue weighted by molar-refractivity contribution is 5.95. The van der Waals surface area contributed by atoms with Gasteiger partial charge in [-0.2, -0.15) is 0 Å². The van der Waals surface area contributed by atoms with Gasteiger partial charge in [-0.25, -0.2) is 0 Å². The number of carbonyl (C=O) groups excluding carboxylic acids is 1. The Morgan fingerprint density at radius 2 is 2.08 bits per heavy atom. The van der Waals surface area contributed by atoms with E-state index in [9.17, 15) is 4.79 Å². The summed E-state index contributed by atoms with van der Waals surface area (Å²) >= 11 is 0. The summed E-state index contributed by atoms with van der Waals surface area (Å²) < 4.78 is 5.32. The Bertz CT molecular complexity index is 917. The molecule has 1 amide bonds. The first kappa shape index (κ1) is 17.7. The Morgan fingerprint density at radius 3 is 2.77 bits per heavy atom. The summed E-state index contributed by atoms with van der Waals surface area (Å²) in [6.45, 7) is 4.45. The molecule has 6 nitrogen and oxygen atoms in total. The summed E-state index contributed by atoms with van der Waals surface area (Å²) in [6, 6.07) is 11.0. The van der Waals surface area contributed by atoms with Crippen LogP contribution in [0.5, 0.6) is 0 Å². The van der Waals surface area contributed by atoms with Crippen LogP contribution in [0.2, 0.25) is 0 Å². The first-order chi connectivity index (χ1) is 12.5. The summed E-state index contributed by atoms with van der Waals surface area (Å²) in [5.41, 5.74) is 9.77. The molecule has 2 aromatic heterocycles. The normalized spacial score (nSPS) is 10.9. The fourth-order valence-corrected chi connectivity index (χ4v) is 2.67. The van der Waals surface area contributed by atoms with Gasteiger partial charge in [0, 0.05) is 42.3 Å². The summed E-state index contributed by atoms with van der Waals surface area (Å²) in [7, 11) is 1.74. The first-order valence-corrected chi connectivity index (χ1v) is 8.46. The summed E-state index contributed by atoms with van der Waals surface area (Å²) in [5.74, 6) is 0.851. The van der Waals surface area contributed by atoms with Crippen LogP contribution in [-0.2, 0) is 6.54 Å². The Hall–Kier alpha value is -3.15. The number of aromatic nitrogens is 2. The molecule has 26 heavy (non-hydrogen) atoms. The highest BCUT2D eigenvalue weighted by Crippen LogP contribution is 2.25. The molecule has 0 aliphatic rings. The van der Waals surface area contributed by atoms with E-state index in [0.29, 0.717) is 23.6 Å². The number of carbonyl (C=O) groups is 1. The molecular weight excluding hydrogens is 328 g/mol. The quantitative estimate of drug-likeness (QED) is 0.758. The van der Waals surface area contributed by atoms with Crippen molar-refractivity contribution in [2.24, 2.45) is 0 Å². The minimum absolute atomic E-state index is 0.100. The molecule has 134 valence electrons. The van der Waals surface area contributed by atoms with Gasteiger partial charge in [-0.3, -0.25) is 9.78 Å². The molecule has 2 N–H and O–H groups in total. The number of pyridine rings is 1. The zero-order chi connectivity index (χ0) is 18.7. The fourth-order valence-electron chi connectivity index (χ4n) is 2.67. The van der Waals surface area contributed by atoms with Crippen molar-refractivity contribution in [1.82, 2.24) is 15.0 Å². The van der Waals surface area contributed by atoms with Crippen molar-refractivity contribution in [2.45, 2.75) is 26.3 Å². The lowest BCUT2D eigenvalue weighted by molar-refractivity contribution is 0.0772. The molecule has 1 aromatic carbocycles. The van der Waals surface area contributed by atoms with Crippen LogP contribution >= 0.6 is 0 Å². The van der Waals surface area contributed by atoms with E-state index in [-0.39, 0.29) is 11.8 Å². The second-order valence-electron chi connectivity index (χ2n) is 6.58. The molecule has 0 aliphatic heterocycles. The smallest absolute Gasteiger partial charge is 0.254 e. The van der Waals surface area contributed by atoms with Crippen molar-refractivity contribution in [2.75, 3.05) is 12.8 Å². The fraction of sp³-hybridized carbons (Fsp3) is 0.250. The lowest BCUT2D eigenvalue weighted by Gasteiger charge is -2.16. The molecule has 3 aromatic rings. The van der Waals surface area contributed by atoms with Gasteiger partial charge < -0.3 is 15.2 Å². The molecular formula is C20H22N4O2. The lowest BCUT2D eigenvalue weighted by atomic mass is 10.0. The maximum Gasteiger partial charge on any atom is 0.254 e. The maximum atomic E-state index is 12.8. The third-order valence-corrected chi connectivity index (χ3v) is 4.18. The molecule has 0 saturated heterocycles. The number of hydrogen-bond donors (Lipinski definition) is 1. The highest BCUT2D eigenvalue weighted by Gasteiger charge is 2.16. The van der Waals surface area contributed by atoms with Crippen LogP contribution in [0.4, 0.5) is 5.69 Å². The standard InChI is InChI=1S/C20H22N4O2/c1-13(2)19-10-16(26-23-19)12-24(3)20(25)15-6-4-5-14(9-15)17-11-22-8-7-18(17)21/h4-11,13H,12H2,1-3H3,(H2,21,22). The predicted molar refractivity (Wildman–Crippen MR) is 100 cm³/mol. The maximum absolute atomic E-state index is 12.8. The molecule has 0 fully saturated rings. The van der Waals surface area contributed by atoms with Gasteiger partial charge in [0.1, 0.15) is 0 Å². The van der Waals surface area contributed by atoms with Crippen molar-refractivity contribution in [3.05, 3.63) is 65.8 Å². The number of rotatable bonds is 5. The van der Waals surface area contributed by atoms with E-state index in [2.05, 4.69) is 10.1 Å². The number of nitrogen functional groups attached to an aromatic ring is 1. The molecule has 6 heteroatoms. The molecule has 0 unspecified atom stereocenters.